The molecule has 10 heteroatoms. The topological polar surface area (TPSA) is 86.8 Å². The van der Waals surface area contributed by atoms with Gasteiger partial charge in [-0.1, -0.05) is 91.1 Å². The Hall–Kier alpha value is -3.07. The zero-order chi connectivity index (χ0) is 30.7. The maximum atomic E-state index is 13.9. The molecular weight excluding hydrogens is 593 g/mol. The van der Waals surface area contributed by atoms with E-state index < -0.39 is 16.1 Å². The summed E-state index contributed by atoms with van der Waals surface area (Å²) >= 11 is 12.4. The summed E-state index contributed by atoms with van der Waals surface area (Å²) in [7, 11) is -3.71. The molecule has 0 bridgehead atoms. The van der Waals surface area contributed by atoms with E-state index in [0.29, 0.717) is 18.0 Å². The van der Waals surface area contributed by atoms with Gasteiger partial charge in [0.15, 0.2) is 0 Å². The second kappa shape index (κ2) is 16.0. The number of hydrogen-bond acceptors (Lipinski definition) is 4. The molecule has 0 fully saturated rings. The highest BCUT2D eigenvalue weighted by Gasteiger charge is 2.31. The van der Waals surface area contributed by atoms with E-state index in [1.807, 2.05) is 61.5 Å². The van der Waals surface area contributed by atoms with Gasteiger partial charge in [0.25, 0.3) is 0 Å². The van der Waals surface area contributed by atoms with Crippen molar-refractivity contribution in [2.24, 2.45) is 0 Å². The zero-order valence-electron chi connectivity index (χ0n) is 24.4. The van der Waals surface area contributed by atoms with E-state index in [2.05, 4.69) is 12.2 Å². The number of amides is 2. The van der Waals surface area contributed by atoms with E-state index in [0.717, 1.165) is 35.8 Å². The maximum absolute atomic E-state index is 13.9. The van der Waals surface area contributed by atoms with E-state index in [1.165, 1.54) is 16.4 Å². The van der Waals surface area contributed by atoms with Crippen molar-refractivity contribution < 1.29 is 18.0 Å². The minimum atomic E-state index is -3.71. The summed E-state index contributed by atoms with van der Waals surface area (Å²) in [4.78, 5) is 29.2. The molecule has 42 heavy (non-hydrogen) atoms. The lowest BCUT2D eigenvalue weighted by molar-refractivity contribution is -0.141. The fraction of sp³-hybridized carbons (Fsp3) is 0.375. The van der Waals surface area contributed by atoms with Gasteiger partial charge in [0.2, 0.25) is 21.8 Å². The molecule has 7 nitrogen and oxygen atoms in total. The highest BCUT2D eigenvalue weighted by molar-refractivity contribution is 7.92. The second-order valence-corrected chi connectivity index (χ2v) is 13.1. The van der Waals surface area contributed by atoms with Crippen LogP contribution in [0.25, 0.3) is 0 Å². The van der Waals surface area contributed by atoms with Crippen molar-refractivity contribution in [2.45, 2.75) is 58.5 Å². The van der Waals surface area contributed by atoms with Crippen LogP contribution < -0.4 is 9.62 Å². The first kappa shape index (κ1) is 33.4. The molecule has 0 radical (unpaired) electrons. The number of nitrogens with zero attached hydrogens (tertiary/aromatic N) is 2. The fourth-order valence-electron chi connectivity index (χ4n) is 4.69. The third-order valence-electron chi connectivity index (χ3n) is 7.03. The first-order chi connectivity index (χ1) is 20.0. The van der Waals surface area contributed by atoms with Gasteiger partial charge in [-0.25, -0.2) is 8.42 Å². The minimum absolute atomic E-state index is 0.0227. The Morgan fingerprint density at radius 2 is 1.64 bits per heavy atom. The Labute approximate surface area is 259 Å². The number of unbranched alkanes of at least 4 members (excludes halogenated alkanes) is 1. The van der Waals surface area contributed by atoms with E-state index in [-0.39, 0.29) is 48.5 Å². The quantitative estimate of drug-likeness (QED) is 0.197. The number of halogens is 2. The molecule has 0 saturated carbocycles. The van der Waals surface area contributed by atoms with E-state index >= 15 is 0 Å². The number of hydrogen-bond donors (Lipinski definition) is 1. The molecular formula is C32H39Cl2N3O4S. The number of rotatable bonds is 15. The molecule has 0 spiro atoms. The van der Waals surface area contributed by atoms with Gasteiger partial charge in [-0.2, -0.15) is 0 Å². The van der Waals surface area contributed by atoms with Crippen LogP contribution in [0.15, 0.2) is 72.8 Å². The van der Waals surface area contributed by atoms with Gasteiger partial charge >= 0.3 is 0 Å². The Bertz CT molecular complexity index is 1450. The smallest absolute Gasteiger partial charge is 0.243 e. The van der Waals surface area contributed by atoms with Crippen LogP contribution >= 0.6 is 23.2 Å². The lowest BCUT2D eigenvalue weighted by atomic mass is 10.0. The SMILES string of the molecule is CCCCNC(=O)[C@H](Cc1ccccc1)N(Cc1ccccc1C)C(=O)CCCN(c1cc(Cl)ccc1Cl)S(C)(=O)=O. The van der Waals surface area contributed by atoms with Gasteiger partial charge < -0.3 is 10.2 Å². The third kappa shape index (κ3) is 9.75. The van der Waals surface area contributed by atoms with Gasteiger partial charge in [0, 0.05) is 37.5 Å². The zero-order valence-corrected chi connectivity index (χ0v) is 26.7. The Morgan fingerprint density at radius 1 is 0.952 bits per heavy atom. The number of carbonyl (C=O) groups excluding carboxylic acids is 2. The van der Waals surface area contributed by atoms with Crippen LogP contribution in [0.3, 0.4) is 0 Å². The van der Waals surface area contributed by atoms with Crippen molar-refractivity contribution >= 4 is 50.7 Å². The summed E-state index contributed by atoms with van der Waals surface area (Å²) in [6, 6.07) is 21.3. The summed E-state index contributed by atoms with van der Waals surface area (Å²) in [5, 5.41) is 3.61. The molecule has 2 amide bonds. The summed E-state index contributed by atoms with van der Waals surface area (Å²) in [5.41, 5.74) is 3.15. The average molecular weight is 633 g/mol. The molecule has 1 atom stereocenters. The molecule has 226 valence electrons. The summed E-state index contributed by atoms with van der Waals surface area (Å²) in [6.45, 7) is 4.83. The first-order valence-corrected chi connectivity index (χ1v) is 16.7. The van der Waals surface area contributed by atoms with E-state index in [1.54, 1.807) is 11.0 Å². The largest absolute Gasteiger partial charge is 0.354 e. The molecule has 0 aliphatic rings. The molecule has 3 rings (SSSR count). The predicted octanol–water partition coefficient (Wildman–Crippen LogP) is 6.40. The predicted molar refractivity (Wildman–Crippen MR) is 171 cm³/mol. The van der Waals surface area contributed by atoms with Crippen molar-refractivity contribution in [1.82, 2.24) is 10.2 Å². The summed E-state index contributed by atoms with van der Waals surface area (Å²) in [5.74, 6) is -0.451. The van der Waals surface area contributed by atoms with Gasteiger partial charge in [-0.3, -0.25) is 13.9 Å². The van der Waals surface area contributed by atoms with Crippen LogP contribution in [-0.2, 0) is 32.6 Å². The molecule has 0 saturated heterocycles. The van der Waals surface area contributed by atoms with Crippen molar-refractivity contribution in [2.75, 3.05) is 23.7 Å². The van der Waals surface area contributed by atoms with Crippen molar-refractivity contribution in [3.05, 3.63) is 99.5 Å². The average Bonchev–Trinajstić information content (AvgIpc) is 2.95. The number of benzene rings is 3. The summed E-state index contributed by atoms with van der Waals surface area (Å²) in [6.07, 6.45) is 3.46. The number of carbonyl (C=O) groups is 2. The Kier molecular flexibility index (Phi) is 12.7. The van der Waals surface area contributed by atoms with Crippen molar-refractivity contribution in [1.29, 1.82) is 0 Å². The standard InChI is InChI=1S/C32H39Cl2N3O4S/c1-4-5-19-35-32(39)30(21-25-13-7-6-8-14-25)36(23-26-15-10-9-12-24(26)2)31(38)16-11-20-37(42(3,40)41)29-22-27(33)17-18-28(29)34/h6-10,12-15,17-18,22,30H,4-5,11,16,19-21,23H2,1-3H3,(H,35,39)/t30-/m0/s1. The maximum Gasteiger partial charge on any atom is 0.243 e. The Morgan fingerprint density at radius 3 is 2.31 bits per heavy atom. The molecule has 0 unspecified atom stereocenters. The molecule has 0 aliphatic carbocycles. The number of aryl methyl sites for hydroxylation is 1. The van der Waals surface area contributed by atoms with Gasteiger partial charge in [-0.05, 0) is 54.7 Å². The van der Waals surface area contributed by atoms with Crippen LogP contribution in [0.5, 0.6) is 0 Å². The van der Waals surface area contributed by atoms with Gasteiger partial charge in [0.1, 0.15) is 6.04 Å². The van der Waals surface area contributed by atoms with Gasteiger partial charge in [0.05, 0.1) is 17.0 Å². The van der Waals surface area contributed by atoms with E-state index in [9.17, 15) is 18.0 Å². The highest BCUT2D eigenvalue weighted by atomic mass is 35.5. The molecule has 1 N–H and O–H groups in total. The minimum Gasteiger partial charge on any atom is -0.354 e. The van der Waals surface area contributed by atoms with Crippen LogP contribution in [0.2, 0.25) is 10.0 Å². The highest BCUT2D eigenvalue weighted by Crippen LogP contribution is 2.31. The van der Waals surface area contributed by atoms with Crippen LogP contribution in [0.1, 0.15) is 49.3 Å². The van der Waals surface area contributed by atoms with Gasteiger partial charge in [-0.15, -0.1) is 0 Å². The normalized spacial score (nSPS) is 12.0. The monoisotopic (exact) mass is 631 g/mol. The molecule has 3 aromatic carbocycles. The second-order valence-electron chi connectivity index (χ2n) is 10.3. The molecule has 0 heterocycles. The van der Waals surface area contributed by atoms with Crippen molar-refractivity contribution in [3.8, 4) is 0 Å². The third-order valence-corrected chi connectivity index (χ3v) is 8.77. The van der Waals surface area contributed by atoms with Crippen LogP contribution in [0, 0.1) is 6.92 Å². The Balaban J connectivity index is 1.90. The van der Waals surface area contributed by atoms with Crippen molar-refractivity contribution in [3.63, 3.8) is 0 Å². The number of nitrogens with one attached hydrogen (secondary N) is 1. The molecule has 3 aromatic rings. The summed E-state index contributed by atoms with van der Waals surface area (Å²) < 4.78 is 26.5. The molecule has 0 aliphatic heterocycles. The molecule has 0 aromatic heterocycles. The van der Waals surface area contributed by atoms with Crippen LogP contribution in [0.4, 0.5) is 5.69 Å². The fourth-order valence-corrected chi connectivity index (χ4v) is 6.10. The van der Waals surface area contributed by atoms with Crippen LogP contribution in [-0.4, -0.2) is 50.5 Å². The first-order valence-electron chi connectivity index (χ1n) is 14.1. The number of anilines is 1. The lowest BCUT2D eigenvalue weighted by Gasteiger charge is -2.32. The number of sulfonamides is 1. The lowest BCUT2D eigenvalue weighted by Crippen LogP contribution is -2.50. The van der Waals surface area contributed by atoms with E-state index in [4.69, 9.17) is 23.2 Å².